The lowest BCUT2D eigenvalue weighted by molar-refractivity contribution is 0.415. The lowest BCUT2D eigenvalue weighted by Crippen LogP contribution is -2.33. The predicted octanol–water partition coefficient (Wildman–Crippen LogP) is 3.29. The zero-order valence-corrected chi connectivity index (χ0v) is 11.9. The Hall–Kier alpha value is -2.41. The maximum absolute atomic E-state index is 13.4. The summed E-state index contributed by atoms with van der Waals surface area (Å²) in [6.45, 7) is 0. The Morgan fingerprint density at radius 2 is 1.81 bits per heavy atom. The van der Waals surface area contributed by atoms with E-state index in [1.165, 1.54) is 6.07 Å². The van der Waals surface area contributed by atoms with Crippen LogP contribution >= 0.6 is 12.2 Å². The summed E-state index contributed by atoms with van der Waals surface area (Å²) < 4.78 is 31.2. The average Bonchev–Trinajstić information content (AvgIpc) is 2.47. The fourth-order valence-electron chi connectivity index (χ4n) is 1.55. The van der Waals surface area contributed by atoms with E-state index >= 15 is 0 Å². The summed E-state index contributed by atoms with van der Waals surface area (Å²) in [5.74, 6) is -0.627. The van der Waals surface area contributed by atoms with Crippen molar-refractivity contribution in [2.24, 2.45) is 0 Å². The van der Waals surface area contributed by atoms with Crippen molar-refractivity contribution in [2.45, 2.75) is 0 Å². The van der Waals surface area contributed by atoms with Crippen molar-refractivity contribution in [3.63, 3.8) is 0 Å². The molecule has 21 heavy (non-hydrogen) atoms. The molecule has 2 aromatic carbocycles. The average molecular weight is 309 g/mol. The monoisotopic (exact) mass is 309 g/mol. The quantitative estimate of drug-likeness (QED) is 0.597. The van der Waals surface area contributed by atoms with Crippen molar-refractivity contribution < 1.29 is 13.5 Å². The number of methoxy groups -OCH3 is 1. The molecule has 0 fully saturated rings. The van der Waals surface area contributed by atoms with Gasteiger partial charge in [0.2, 0.25) is 0 Å². The predicted molar refractivity (Wildman–Crippen MR) is 82.3 cm³/mol. The van der Waals surface area contributed by atoms with E-state index < -0.39 is 11.6 Å². The highest BCUT2D eigenvalue weighted by Crippen LogP contribution is 2.15. The maximum atomic E-state index is 13.4. The number of hydrogen-bond acceptors (Lipinski definition) is 3. The summed E-state index contributed by atoms with van der Waals surface area (Å²) in [6.07, 6.45) is 0. The first-order valence-electron chi connectivity index (χ1n) is 6.00. The SMILES string of the molecule is COc1ccc(NC(=S)NNc2ccc(F)cc2F)cc1. The number of anilines is 2. The Bertz CT molecular complexity index is 635. The molecular formula is C14H13F2N3OS. The summed E-state index contributed by atoms with van der Waals surface area (Å²) in [6, 6.07) is 10.3. The van der Waals surface area contributed by atoms with Gasteiger partial charge in [0.05, 0.1) is 12.8 Å². The van der Waals surface area contributed by atoms with E-state index in [-0.39, 0.29) is 10.8 Å². The fourth-order valence-corrected chi connectivity index (χ4v) is 1.72. The first-order chi connectivity index (χ1) is 10.1. The molecule has 0 saturated carbocycles. The summed E-state index contributed by atoms with van der Waals surface area (Å²) in [4.78, 5) is 0. The minimum Gasteiger partial charge on any atom is -0.497 e. The van der Waals surface area contributed by atoms with E-state index in [0.717, 1.165) is 23.6 Å². The third-order valence-corrected chi connectivity index (χ3v) is 2.79. The van der Waals surface area contributed by atoms with Gasteiger partial charge in [-0.05, 0) is 48.6 Å². The molecule has 0 unspecified atom stereocenters. The molecule has 4 nitrogen and oxygen atoms in total. The smallest absolute Gasteiger partial charge is 0.189 e. The molecule has 0 aromatic heterocycles. The minimum atomic E-state index is -0.713. The van der Waals surface area contributed by atoms with Crippen LogP contribution in [0.15, 0.2) is 42.5 Å². The molecule has 0 saturated heterocycles. The molecule has 0 amide bonds. The second kappa shape index (κ2) is 6.85. The van der Waals surface area contributed by atoms with Gasteiger partial charge in [0.1, 0.15) is 11.6 Å². The van der Waals surface area contributed by atoms with Gasteiger partial charge in [-0.25, -0.2) is 8.78 Å². The Balaban J connectivity index is 1.89. The van der Waals surface area contributed by atoms with E-state index in [2.05, 4.69) is 16.2 Å². The molecule has 0 heterocycles. The highest BCUT2D eigenvalue weighted by Gasteiger charge is 2.04. The summed E-state index contributed by atoms with van der Waals surface area (Å²) in [7, 11) is 1.58. The number of halogens is 2. The van der Waals surface area contributed by atoms with Crippen molar-refractivity contribution >= 4 is 28.7 Å². The molecule has 0 aliphatic carbocycles. The van der Waals surface area contributed by atoms with Gasteiger partial charge >= 0.3 is 0 Å². The molecule has 0 aliphatic rings. The first kappa shape index (κ1) is 15.0. The van der Waals surface area contributed by atoms with Crippen LogP contribution in [0.4, 0.5) is 20.2 Å². The molecule has 3 N–H and O–H groups in total. The zero-order valence-electron chi connectivity index (χ0n) is 11.1. The van der Waals surface area contributed by atoms with Crippen molar-refractivity contribution in [1.29, 1.82) is 0 Å². The molecule has 0 aliphatic heterocycles. The van der Waals surface area contributed by atoms with E-state index in [1.807, 2.05) is 0 Å². The standard InChI is InChI=1S/C14H13F2N3OS/c1-20-11-5-3-10(4-6-11)17-14(21)19-18-13-7-2-9(15)8-12(13)16/h2-8,18H,1H3,(H2,17,19,21). The van der Waals surface area contributed by atoms with E-state index in [0.29, 0.717) is 0 Å². The number of thiocarbonyl (C=S) groups is 1. The lowest BCUT2D eigenvalue weighted by Gasteiger charge is -2.13. The molecule has 0 atom stereocenters. The second-order valence-corrected chi connectivity index (χ2v) is 4.47. The Morgan fingerprint density at radius 3 is 2.43 bits per heavy atom. The van der Waals surface area contributed by atoms with Crippen LogP contribution < -0.4 is 20.9 Å². The summed E-state index contributed by atoms with van der Waals surface area (Å²) in [5.41, 5.74) is 6.01. The number of rotatable bonds is 4. The number of nitrogens with one attached hydrogen (secondary N) is 3. The van der Waals surface area contributed by atoms with Crippen LogP contribution in [-0.4, -0.2) is 12.2 Å². The molecule has 2 aromatic rings. The molecule has 2 rings (SSSR count). The molecule has 0 bridgehead atoms. The van der Waals surface area contributed by atoms with Crippen LogP contribution in [0.3, 0.4) is 0 Å². The van der Waals surface area contributed by atoms with Gasteiger partial charge in [-0.3, -0.25) is 10.9 Å². The van der Waals surface area contributed by atoms with Gasteiger partial charge in [-0.1, -0.05) is 0 Å². The molecule has 0 spiro atoms. The largest absolute Gasteiger partial charge is 0.497 e. The Morgan fingerprint density at radius 1 is 1.10 bits per heavy atom. The van der Waals surface area contributed by atoms with Crippen molar-refractivity contribution in [3.05, 3.63) is 54.1 Å². The van der Waals surface area contributed by atoms with E-state index in [1.54, 1.807) is 31.4 Å². The number of ether oxygens (including phenoxy) is 1. The summed E-state index contributed by atoms with van der Waals surface area (Å²) in [5, 5.41) is 3.14. The maximum Gasteiger partial charge on any atom is 0.189 e. The first-order valence-corrected chi connectivity index (χ1v) is 6.41. The van der Waals surface area contributed by atoms with E-state index in [4.69, 9.17) is 17.0 Å². The highest BCUT2D eigenvalue weighted by atomic mass is 32.1. The van der Waals surface area contributed by atoms with Crippen LogP contribution in [-0.2, 0) is 0 Å². The van der Waals surface area contributed by atoms with Gasteiger partial charge in [0, 0.05) is 11.8 Å². The van der Waals surface area contributed by atoms with Gasteiger partial charge in [-0.15, -0.1) is 0 Å². The van der Waals surface area contributed by atoms with Crippen LogP contribution in [0.5, 0.6) is 5.75 Å². The number of hydrazine groups is 1. The van der Waals surface area contributed by atoms with Crippen molar-refractivity contribution in [3.8, 4) is 5.75 Å². The number of hydrogen-bond donors (Lipinski definition) is 3. The van der Waals surface area contributed by atoms with Gasteiger partial charge < -0.3 is 10.1 Å². The summed E-state index contributed by atoms with van der Waals surface area (Å²) >= 11 is 5.05. The topological polar surface area (TPSA) is 45.3 Å². The van der Waals surface area contributed by atoms with Gasteiger partial charge in [-0.2, -0.15) is 0 Å². The second-order valence-electron chi connectivity index (χ2n) is 4.06. The third kappa shape index (κ3) is 4.28. The van der Waals surface area contributed by atoms with E-state index in [9.17, 15) is 8.78 Å². The fraction of sp³-hybridized carbons (Fsp3) is 0.0714. The zero-order chi connectivity index (χ0) is 15.2. The minimum absolute atomic E-state index is 0.0929. The number of benzene rings is 2. The van der Waals surface area contributed by atoms with Gasteiger partial charge in [0.15, 0.2) is 10.9 Å². The van der Waals surface area contributed by atoms with Crippen LogP contribution in [0.25, 0.3) is 0 Å². The van der Waals surface area contributed by atoms with Crippen molar-refractivity contribution in [2.75, 3.05) is 17.9 Å². The molecule has 0 radical (unpaired) electrons. The molecule has 7 heteroatoms. The molecular weight excluding hydrogens is 296 g/mol. The van der Waals surface area contributed by atoms with Crippen molar-refractivity contribution in [1.82, 2.24) is 5.43 Å². The Labute approximate surface area is 126 Å². The Kier molecular flexibility index (Phi) is 4.89. The normalized spacial score (nSPS) is 9.86. The van der Waals surface area contributed by atoms with Crippen LogP contribution in [0.2, 0.25) is 0 Å². The van der Waals surface area contributed by atoms with Gasteiger partial charge in [0.25, 0.3) is 0 Å². The molecule has 110 valence electrons. The lowest BCUT2D eigenvalue weighted by atomic mass is 10.3. The third-order valence-electron chi connectivity index (χ3n) is 2.59. The highest BCUT2D eigenvalue weighted by molar-refractivity contribution is 7.80. The van der Waals surface area contributed by atoms with Crippen LogP contribution in [0, 0.1) is 11.6 Å². The van der Waals surface area contributed by atoms with Crippen LogP contribution in [0.1, 0.15) is 0 Å².